The zero-order valence-corrected chi connectivity index (χ0v) is 14.4. The Morgan fingerprint density at radius 2 is 1.87 bits per heavy atom. The zero-order valence-electron chi connectivity index (χ0n) is 14.4. The van der Waals surface area contributed by atoms with E-state index in [4.69, 9.17) is 4.42 Å². The molecule has 0 aliphatic carbocycles. The number of hydrogen-bond donors (Lipinski definition) is 1. The van der Waals surface area contributed by atoms with E-state index in [-0.39, 0.29) is 11.3 Å². The summed E-state index contributed by atoms with van der Waals surface area (Å²) in [6.45, 7) is 10.3. The van der Waals surface area contributed by atoms with Crippen LogP contribution in [0.5, 0.6) is 0 Å². The summed E-state index contributed by atoms with van der Waals surface area (Å²) in [5.74, 6) is 1.64. The number of amides is 1. The van der Waals surface area contributed by atoms with E-state index in [1.54, 1.807) is 12.3 Å². The van der Waals surface area contributed by atoms with Crippen molar-refractivity contribution in [2.45, 2.75) is 40.5 Å². The molecule has 0 bridgehead atoms. The third-order valence-electron chi connectivity index (χ3n) is 3.23. The molecule has 0 saturated carbocycles. The molecule has 4 heteroatoms. The van der Waals surface area contributed by atoms with Gasteiger partial charge in [0.05, 0.1) is 6.20 Å². The minimum Gasteiger partial charge on any atom is -0.441 e. The van der Waals surface area contributed by atoms with Crippen LogP contribution in [-0.2, 0) is 4.79 Å². The number of oxazole rings is 1. The van der Waals surface area contributed by atoms with Crippen molar-refractivity contribution < 1.29 is 9.21 Å². The highest BCUT2D eigenvalue weighted by atomic mass is 16.4. The van der Waals surface area contributed by atoms with Crippen LogP contribution in [-0.4, -0.2) is 10.9 Å². The van der Waals surface area contributed by atoms with Crippen molar-refractivity contribution in [3.8, 4) is 11.5 Å². The Morgan fingerprint density at radius 1 is 1.22 bits per heavy atom. The Bertz CT molecular complexity index is 689. The van der Waals surface area contributed by atoms with Gasteiger partial charge in [-0.2, -0.15) is 0 Å². The van der Waals surface area contributed by atoms with Gasteiger partial charge in [0.2, 0.25) is 11.8 Å². The van der Waals surface area contributed by atoms with Crippen LogP contribution < -0.4 is 5.32 Å². The number of nitrogens with one attached hydrogen (secondary N) is 1. The molecule has 0 atom stereocenters. The lowest BCUT2D eigenvalue weighted by atomic mass is 9.96. The smallest absolute Gasteiger partial charge is 0.248 e. The van der Waals surface area contributed by atoms with E-state index in [0.717, 1.165) is 17.0 Å². The van der Waals surface area contributed by atoms with E-state index in [0.29, 0.717) is 11.8 Å². The summed E-state index contributed by atoms with van der Waals surface area (Å²) in [5, 5.41) is 2.84. The molecule has 1 amide bonds. The van der Waals surface area contributed by atoms with E-state index >= 15 is 0 Å². The quantitative estimate of drug-likeness (QED) is 0.808. The first-order chi connectivity index (χ1) is 10.7. The lowest BCUT2D eigenvalue weighted by Crippen LogP contribution is -2.09. The van der Waals surface area contributed by atoms with E-state index in [2.05, 4.69) is 24.1 Å². The molecule has 1 N–H and O–H groups in total. The highest BCUT2D eigenvalue weighted by Crippen LogP contribution is 2.24. The Balaban J connectivity index is 2.04. The van der Waals surface area contributed by atoms with E-state index in [9.17, 15) is 4.79 Å². The fourth-order valence-corrected chi connectivity index (χ4v) is 1.89. The second-order valence-corrected chi connectivity index (χ2v) is 6.99. The molecule has 0 aliphatic rings. The molecule has 122 valence electrons. The van der Waals surface area contributed by atoms with Gasteiger partial charge >= 0.3 is 0 Å². The highest BCUT2D eigenvalue weighted by Gasteiger charge is 2.10. The fraction of sp³-hybridized carbons (Fsp3) is 0.368. The van der Waals surface area contributed by atoms with Crippen LogP contribution in [0.3, 0.4) is 0 Å². The number of rotatable bonds is 4. The van der Waals surface area contributed by atoms with Crippen molar-refractivity contribution in [1.29, 1.82) is 0 Å². The number of carbonyl (C=O) groups excluding carboxylic acids is 1. The third-order valence-corrected chi connectivity index (χ3v) is 3.23. The number of anilines is 1. The maximum atomic E-state index is 11.9. The van der Waals surface area contributed by atoms with Crippen molar-refractivity contribution in [3.63, 3.8) is 0 Å². The summed E-state index contributed by atoms with van der Waals surface area (Å²) in [6, 6.07) is 7.47. The van der Waals surface area contributed by atoms with Gasteiger partial charge in [-0.3, -0.25) is 4.79 Å². The van der Waals surface area contributed by atoms with Gasteiger partial charge in [-0.15, -0.1) is 0 Å². The highest BCUT2D eigenvalue weighted by molar-refractivity contribution is 5.99. The van der Waals surface area contributed by atoms with Gasteiger partial charge in [-0.05, 0) is 35.8 Å². The van der Waals surface area contributed by atoms with Gasteiger partial charge < -0.3 is 9.73 Å². The van der Waals surface area contributed by atoms with Crippen LogP contribution >= 0.6 is 0 Å². The molecule has 0 unspecified atom stereocenters. The molecule has 1 aromatic carbocycles. The number of aromatic nitrogens is 1. The molecule has 1 heterocycles. The number of benzene rings is 1. The van der Waals surface area contributed by atoms with E-state index in [1.165, 1.54) is 0 Å². The molecule has 0 fully saturated rings. The lowest BCUT2D eigenvalue weighted by molar-refractivity contribution is -0.112. The second kappa shape index (κ2) is 6.82. The fourth-order valence-electron chi connectivity index (χ4n) is 1.89. The Hall–Kier alpha value is -2.36. The van der Waals surface area contributed by atoms with Gasteiger partial charge in [-0.25, -0.2) is 4.98 Å². The van der Waals surface area contributed by atoms with Crippen LogP contribution in [0.2, 0.25) is 0 Å². The molecule has 0 spiro atoms. The maximum Gasteiger partial charge on any atom is 0.248 e. The molecular formula is C19H24N2O2. The summed E-state index contributed by atoms with van der Waals surface area (Å²) in [4.78, 5) is 16.2. The molecule has 1 aromatic heterocycles. The monoisotopic (exact) mass is 312 g/mol. The summed E-state index contributed by atoms with van der Waals surface area (Å²) in [5.41, 5.74) is 1.62. The van der Waals surface area contributed by atoms with Crippen LogP contribution in [0.15, 0.2) is 47.0 Å². The predicted octanol–water partition coefficient (Wildman–Crippen LogP) is 5.01. The van der Waals surface area contributed by atoms with Gasteiger partial charge in [0, 0.05) is 17.2 Å². The Kier molecular flexibility index (Phi) is 5.04. The number of hydrogen-bond acceptors (Lipinski definition) is 3. The summed E-state index contributed by atoms with van der Waals surface area (Å²) in [7, 11) is 0. The Labute approximate surface area is 137 Å². The van der Waals surface area contributed by atoms with Crippen LogP contribution in [0.4, 0.5) is 5.69 Å². The molecule has 23 heavy (non-hydrogen) atoms. The molecule has 0 saturated heterocycles. The molecule has 2 rings (SSSR count). The topological polar surface area (TPSA) is 55.1 Å². The van der Waals surface area contributed by atoms with Crippen molar-refractivity contribution in [3.05, 3.63) is 48.4 Å². The largest absolute Gasteiger partial charge is 0.441 e. The maximum absolute atomic E-state index is 11.9. The SMILES string of the molecule is CC(C)c1cnc(-c2ccc(NC(=O)/C=C/C(C)(C)C)cc2)o1. The van der Waals surface area contributed by atoms with Crippen LogP contribution in [0.25, 0.3) is 11.5 Å². The Morgan fingerprint density at radius 3 is 2.39 bits per heavy atom. The molecule has 0 aliphatic heterocycles. The van der Waals surface area contributed by atoms with Gasteiger partial charge in [-0.1, -0.05) is 40.7 Å². The molecular weight excluding hydrogens is 288 g/mol. The molecule has 0 radical (unpaired) electrons. The predicted molar refractivity (Wildman–Crippen MR) is 93.3 cm³/mol. The van der Waals surface area contributed by atoms with Crippen molar-refractivity contribution in [1.82, 2.24) is 4.98 Å². The average molecular weight is 312 g/mol. The van der Waals surface area contributed by atoms with Crippen molar-refractivity contribution >= 4 is 11.6 Å². The van der Waals surface area contributed by atoms with Gasteiger partial charge in [0.15, 0.2) is 0 Å². The number of carbonyl (C=O) groups is 1. The lowest BCUT2D eigenvalue weighted by Gasteiger charge is -2.11. The van der Waals surface area contributed by atoms with Crippen LogP contribution in [0, 0.1) is 5.41 Å². The third kappa shape index (κ3) is 5.09. The van der Waals surface area contributed by atoms with Crippen molar-refractivity contribution in [2.75, 3.05) is 5.32 Å². The van der Waals surface area contributed by atoms with Crippen LogP contribution in [0.1, 0.15) is 46.3 Å². The average Bonchev–Trinajstić information content (AvgIpc) is 2.95. The number of allylic oxidation sites excluding steroid dienone is 1. The first-order valence-electron chi connectivity index (χ1n) is 7.81. The van der Waals surface area contributed by atoms with E-state index in [1.807, 2.05) is 51.1 Å². The second-order valence-electron chi connectivity index (χ2n) is 6.99. The molecule has 4 nitrogen and oxygen atoms in total. The normalized spacial score (nSPS) is 12.1. The zero-order chi connectivity index (χ0) is 17.0. The molecule has 2 aromatic rings. The summed E-state index contributed by atoms with van der Waals surface area (Å²) < 4.78 is 5.72. The van der Waals surface area contributed by atoms with E-state index < -0.39 is 0 Å². The summed E-state index contributed by atoms with van der Waals surface area (Å²) in [6.07, 6.45) is 5.21. The number of nitrogens with zero attached hydrogens (tertiary/aromatic N) is 1. The first-order valence-corrected chi connectivity index (χ1v) is 7.81. The van der Waals surface area contributed by atoms with Gasteiger partial charge in [0.25, 0.3) is 0 Å². The minimum absolute atomic E-state index is 0.0136. The van der Waals surface area contributed by atoms with Crippen molar-refractivity contribution in [2.24, 2.45) is 5.41 Å². The summed E-state index contributed by atoms with van der Waals surface area (Å²) >= 11 is 0. The first kappa shape index (κ1) is 17.0. The standard InChI is InChI=1S/C19H24N2O2/c1-13(2)16-12-20-18(23-16)14-6-8-15(9-7-14)21-17(22)10-11-19(3,4)5/h6-13H,1-5H3,(H,21,22)/b11-10+. The van der Waals surface area contributed by atoms with Gasteiger partial charge in [0.1, 0.15) is 5.76 Å². The minimum atomic E-state index is -0.133.